The molecule has 3 amide bonds. The van der Waals surface area contributed by atoms with E-state index >= 15 is 0 Å². The van der Waals surface area contributed by atoms with Gasteiger partial charge in [0.1, 0.15) is 0 Å². The maximum Gasteiger partial charge on any atom is 0.264 e. The molecule has 1 aromatic heterocycles. The molecule has 1 saturated carbocycles. The minimum absolute atomic E-state index is 0.000366. The molecule has 170 valence electrons. The van der Waals surface area contributed by atoms with E-state index in [1.165, 1.54) is 11.3 Å². The monoisotopic (exact) mass is 454 g/mol. The number of anilines is 2. The first-order valence-electron chi connectivity index (χ1n) is 11.2. The van der Waals surface area contributed by atoms with E-state index in [0.717, 1.165) is 41.1 Å². The van der Waals surface area contributed by atoms with Crippen LogP contribution in [0.3, 0.4) is 0 Å². The minimum atomic E-state index is -0.0316. The number of aryl methyl sites for hydroxylation is 2. The van der Waals surface area contributed by atoms with Gasteiger partial charge in [-0.1, -0.05) is 25.1 Å². The van der Waals surface area contributed by atoms with Gasteiger partial charge in [-0.2, -0.15) is 0 Å². The standard InChI is InChI=1S/C24H30N4O3S/c1-3-17-6-4-5-7-19(17)25-20(29)15-27-10-12-28(13-11-27)24(31)22-16(2)14-21(32-22)26-23(30)18-8-9-18/h4-7,14,18H,3,8-13,15H2,1-2H3,(H,25,29)(H,26,30). The number of nitrogens with one attached hydrogen (secondary N) is 2. The van der Waals surface area contributed by atoms with Gasteiger partial charge in [0.05, 0.1) is 16.4 Å². The number of thiophene rings is 1. The summed E-state index contributed by atoms with van der Waals surface area (Å²) in [6.45, 7) is 6.77. The van der Waals surface area contributed by atoms with Gasteiger partial charge in [-0.25, -0.2) is 0 Å². The Morgan fingerprint density at radius 3 is 2.47 bits per heavy atom. The SMILES string of the molecule is CCc1ccccc1NC(=O)CN1CCN(C(=O)c2sc(NC(=O)C3CC3)cc2C)CC1. The molecule has 1 aromatic carbocycles. The number of carbonyl (C=O) groups excluding carboxylic acids is 3. The molecule has 1 aliphatic heterocycles. The Labute approximate surface area is 192 Å². The second kappa shape index (κ2) is 9.83. The molecule has 0 atom stereocenters. The van der Waals surface area contributed by atoms with Crippen molar-refractivity contribution >= 4 is 39.7 Å². The summed E-state index contributed by atoms with van der Waals surface area (Å²) in [5, 5.41) is 6.69. The number of para-hydroxylation sites is 1. The smallest absolute Gasteiger partial charge is 0.264 e. The number of hydrogen-bond acceptors (Lipinski definition) is 5. The lowest BCUT2D eigenvalue weighted by Gasteiger charge is -2.34. The zero-order valence-corrected chi connectivity index (χ0v) is 19.5. The van der Waals surface area contributed by atoms with Crippen molar-refractivity contribution in [3.8, 4) is 0 Å². The van der Waals surface area contributed by atoms with Crippen LogP contribution in [-0.4, -0.2) is 60.2 Å². The van der Waals surface area contributed by atoms with Crippen molar-refractivity contribution in [2.75, 3.05) is 43.4 Å². The van der Waals surface area contributed by atoms with Crippen LogP contribution in [0, 0.1) is 12.8 Å². The van der Waals surface area contributed by atoms with E-state index in [0.29, 0.717) is 37.6 Å². The molecule has 8 heteroatoms. The third kappa shape index (κ3) is 5.37. The summed E-state index contributed by atoms with van der Waals surface area (Å²) in [7, 11) is 0. The molecule has 0 radical (unpaired) electrons. The molecule has 1 saturated heterocycles. The van der Waals surface area contributed by atoms with E-state index < -0.39 is 0 Å². The largest absolute Gasteiger partial charge is 0.335 e. The van der Waals surface area contributed by atoms with E-state index in [9.17, 15) is 14.4 Å². The fourth-order valence-electron chi connectivity index (χ4n) is 3.92. The summed E-state index contributed by atoms with van der Waals surface area (Å²) in [4.78, 5) is 42.1. The maximum atomic E-state index is 13.0. The average molecular weight is 455 g/mol. The average Bonchev–Trinajstić information content (AvgIpc) is 3.57. The van der Waals surface area contributed by atoms with Gasteiger partial charge in [0.2, 0.25) is 11.8 Å². The minimum Gasteiger partial charge on any atom is -0.335 e. The number of carbonyl (C=O) groups is 3. The Kier molecular flexibility index (Phi) is 6.91. The second-order valence-electron chi connectivity index (χ2n) is 8.51. The van der Waals surface area contributed by atoms with Crippen LogP contribution in [0.4, 0.5) is 10.7 Å². The van der Waals surface area contributed by atoms with Crippen molar-refractivity contribution in [2.24, 2.45) is 5.92 Å². The fourth-order valence-corrected chi connectivity index (χ4v) is 4.96. The lowest BCUT2D eigenvalue weighted by molar-refractivity contribution is -0.118. The summed E-state index contributed by atoms with van der Waals surface area (Å²) < 4.78 is 0. The van der Waals surface area contributed by atoms with Crippen molar-refractivity contribution < 1.29 is 14.4 Å². The number of rotatable bonds is 7. The Morgan fingerprint density at radius 2 is 1.78 bits per heavy atom. The topological polar surface area (TPSA) is 81.8 Å². The van der Waals surface area contributed by atoms with Gasteiger partial charge >= 0.3 is 0 Å². The second-order valence-corrected chi connectivity index (χ2v) is 9.57. The van der Waals surface area contributed by atoms with Crippen LogP contribution in [0.2, 0.25) is 0 Å². The van der Waals surface area contributed by atoms with Gasteiger partial charge < -0.3 is 15.5 Å². The molecular weight excluding hydrogens is 424 g/mol. The van der Waals surface area contributed by atoms with Crippen LogP contribution in [0.5, 0.6) is 0 Å². The lowest BCUT2D eigenvalue weighted by atomic mass is 10.1. The van der Waals surface area contributed by atoms with E-state index in [2.05, 4.69) is 22.5 Å². The van der Waals surface area contributed by atoms with Crippen LogP contribution in [0.1, 0.15) is 40.6 Å². The molecular formula is C24H30N4O3S. The van der Waals surface area contributed by atoms with Crippen LogP contribution in [-0.2, 0) is 16.0 Å². The highest BCUT2D eigenvalue weighted by atomic mass is 32.1. The van der Waals surface area contributed by atoms with Crippen molar-refractivity contribution in [3.05, 3.63) is 46.3 Å². The quantitative estimate of drug-likeness (QED) is 0.672. The number of nitrogens with zero attached hydrogens (tertiary/aromatic N) is 2. The summed E-state index contributed by atoms with van der Waals surface area (Å²) >= 11 is 1.35. The van der Waals surface area contributed by atoms with Crippen LogP contribution < -0.4 is 10.6 Å². The van der Waals surface area contributed by atoms with Crippen molar-refractivity contribution in [2.45, 2.75) is 33.1 Å². The van der Waals surface area contributed by atoms with Crippen molar-refractivity contribution in [3.63, 3.8) is 0 Å². The summed E-state index contributed by atoms with van der Waals surface area (Å²) in [6.07, 6.45) is 2.77. The predicted molar refractivity (Wildman–Crippen MR) is 127 cm³/mol. The lowest BCUT2D eigenvalue weighted by Crippen LogP contribution is -2.50. The number of benzene rings is 1. The van der Waals surface area contributed by atoms with Crippen molar-refractivity contribution in [1.29, 1.82) is 0 Å². The maximum absolute atomic E-state index is 13.0. The van der Waals surface area contributed by atoms with Crippen LogP contribution in [0.25, 0.3) is 0 Å². The van der Waals surface area contributed by atoms with Gasteiger partial charge in [0, 0.05) is 37.8 Å². The fraction of sp³-hybridized carbons (Fsp3) is 0.458. The molecule has 2 N–H and O–H groups in total. The summed E-state index contributed by atoms with van der Waals surface area (Å²) in [5.41, 5.74) is 2.88. The Balaban J connectivity index is 1.28. The molecule has 4 rings (SSSR count). The molecule has 0 unspecified atom stereocenters. The van der Waals surface area contributed by atoms with Crippen LogP contribution >= 0.6 is 11.3 Å². The molecule has 1 aliphatic carbocycles. The third-order valence-electron chi connectivity index (χ3n) is 6.01. The zero-order valence-electron chi connectivity index (χ0n) is 18.6. The van der Waals surface area contributed by atoms with Gasteiger partial charge in [0.15, 0.2) is 0 Å². The highest BCUT2D eigenvalue weighted by Crippen LogP contribution is 2.33. The van der Waals surface area contributed by atoms with E-state index in [1.54, 1.807) is 0 Å². The number of piperazine rings is 1. The van der Waals surface area contributed by atoms with E-state index in [-0.39, 0.29) is 23.6 Å². The predicted octanol–water partition coefficient (Wildman–Crippen LogP) is 3.36. The third-order valence-corrected chi connectivity index (χ3v) is 7.15. The molecule has 32 heavy (non-hydrogen) atoms. The summed E-state index contributed by atoms with van der Waals surface area (Å²) in [6, 6.07) is 9.73. The van der Waals surface area contributed by atoms with Gasteiger partial charge in [-0.15, -0.1) is 11.3 Å². The highest BCUT2D eigenvalue weighted by molar-refractivity contribution is 7.18. The highest BCUT2D eigenvalue weighted by Gasteiger charge is 2.31. The molecule has 0 spiro atoms. The molecule has 2 aromatic rings. The van der Waals surface area contributed by atoms with E-state index in [1.807, 2.05) is 42.2 Å². The molecule has 2 aliphatic rings. The van der Waals surface area contributed by atoms with Crippen LogP contribution in [0.15, 0.2) is 30.3 Å². The van der Waals surface area contributed by atoms with Gasteiger partial charge in [-0.3, -0.25) is 19.3 Å². The Bertz CT molecular complexity index is 1010. The first kappa shape index (κ1) is 22.5. The van der Waals surface area contributed by atoms with Crippen molar-refractivity contribution in [1.82, 2.24) is 9.80 Å². The molecule has 2 heterocycles. The van der Waals surface area contributed by atoms with Gasteiger partial charge in [0.25, 0.3) is 5.91 Å². The zero-order chi connectivity index (χ0) is 22.7. The first-order chi connectivity index (χ1) is 15.4. The number of hydrogen-bond donors (Lipinski definition) is 2. The van der Waals surface area contributed by atoms with Gasteiger partial charge in [-0.05, 0) is 49.4 Å². The normalized spacial score (nSPS) is 16.6. The molecule has 0 bridgehead atoms. The van der Waals surface area contributed by atoms with E-state index in [4.69, 9.17) is 0 Å². The summed E-state index contributed by atoms with van der Waals surface area (Å²) in [5.74, 6) is 0.159. The molecule has 2 fully saturated rings. The number of amides is 3. The first-order valence-corrected chi connectivity index (χ1v) is 12.1. The Morgan fingerprint density at radius 1 is 1.06 bits per heavy atom. The molecule has 7 nitrogen and oxygen atoms in total. The Hall–Kier alpha value is -2.71.